The minimum absolute atomic E-state index is 0.133. The van der Waals surface area contributed by atoms with Crippen molar-refractivity contribution in [3.05, 3.63) is 0 Å². The third-order valence-electron chi connectivity index (χ3n) is 1.62. The summed E-state index contributed by atoms with van der Waals surface area (Å²) in [4.78, 5) is 0. The summed E-state index contributed by atoms with van der Waals surface area (Å²) in [5.41, 5.74) is 0. The van der Waals surface area contributed by atoms with Crippen LogP contribution in [0.2, 0.25) is 0 Å². The van der Waals surface area contributed by atoms with Gasteiger partial charge in [0.25, 0.3) is 0 Å². The predicted molar refractivity (Wildman–Crippen MR) is 34.6 cm³/mol. The lowest BCUT2D eigenvalue weighted by molar-refractivity contribution is -0.209. The van der Waals surface area contributed by atoms with Gasteiger partial charge < -0.3 is 15.1 Å². The molecule has 1 atom stereocenters. The average Bonchev–Trinajstić information content (AvgIpc) is 1.95. The minimum atomic E-state index is 0.133. The number of hydrogen-bond donors (Lipinski definition) is 2. The van der Waals surface area contributed by atoms with E-state index in [1.165, 1.54) is 0 Å². The zero-order valence-electron chi connectivity index (χ0n) is 5.86. The highest BCUT2D eigenvalue weighted by Crippen LogP contribution is 2.09. The molecule has 0 aromatic carbocycles. The van der Waals surface area contributed by atoms with Gasteiger partial charge in [0.2, 0.25) is 0 Å². The molecule has 1 rings (SSSR count). The van der Waals surface area contributed by atoms with Crippen molar-refractivity contribution in [2.45, 2.75) is 18.9 Å². The normalized spacial score (nSPS) is 28.8. The highest BCUT2D eigenvalue weighted by atomic mass is 16.6. The number of nitrogens with zero attached hydrogens (tertiary/aromatic N) is 1. The fourth-order valence-corrected chi connectivity index (χ4v) is 1.00. The summed E-state index contributed by atoms with van der Waals surface area (Å²) in [6.45, 7) is 1.07. The fourth-order valence-electron chi connectivity index (χ4n) is 1.00. The Labute approximate surface area is 60.0 Å². The molecule has 1 saturated heterocycles. The van der Waals surface area contributed by atoms with E-state index < -0.39 is 0 Å². The molecule has 1 fully saturated rings. The van der Waals surface area contributed by atoms with Crippen molar-refractivity contribution < 1.29 is 15.1 Å². The van der Waals surface area contributed by atoms with E-state index >= 15 is 0 Å². The molecule has 60 valence electrons. The lowest BCUT2D eigenvalue weighted by atomic mass is 10.2. The standard InChI is InChI=1S/C6H13NO3/c8-4-2-6-1-3-7(9)5-10-6/h6,8-9H,1-5H2. The van der Waals surface area contributed by atoms with Crippen molar-refractivity contribution in [3.63, 3.8) is 0 Å². The van der Waals surface area contributed by atoms with Crippen LogP contribution in [-0.4, -0.2) is 41.4 Å². The van der Waals surface area contributed by atoms with Crippen LogP contribution in [0.3, 0.4) is 0 Å². The summed E-state index contributed by atoms with van der Waals surface area (Å²) < 4.78 is 5.15. The van der Waals surface area contributed by atoms with Crippen LogP contribution in [0.15, 0.2) is 0 Å². The van der Waals surface area contributed by atoms with Gasteiger partial charge in [0, 0.05) is 13.2 Å². The molecule has 0 aliphatic carbocycles. The first-order chi connectivity index (χ1) is 4.83. The second kappa shape index (κ2) is 3.88. The van der Waals surface area contributed by atoms with Crippen LogP contribution in [-0.2, 0) is 4.74 Å². The van der Waals surface area contributed by atoms with E-state index in [0.717, 1.165) is 11.5 Å². The van der Waals surface area contributed by atoms with Crippen LogP contribution < -0.4 is 0 Å². The summed E-state index contributed by atoms with van der Waals surface area (Å²) in [7, 11) is 0. The van der Waals surface area contributed by atoms with Gasteiger partial charge >= 0.3 is 0 Å². The largest absolute Gasteiger partial charge is 0.396 e. The Morgan fingerprint density at radius 3 is 2.90 bits per heavy atom. The summed E-state index contributed by atoms with van der Waals surface area (Å²) in [5.74, 6) is 0. The first-order valence-electron chi connectivity index (χ1n) is 3.49. The zero-order valence-corrected chi connectivity index (χ0v) is 5.86. The monoisotopic (exact) mass is 147 g/mol. The highest BCUT2D eigenvalue weighted by Gasteiger charge is 2.16. The van der Waals surface area contributed by atoms with Gasteiger partial charge in [-0.1, -0.05) is 0 Å². The Morgan fingerprint density at radius 2 is 2.40 bits per heavy atom. The summed E-state index contributed by atoms with van der Waals surface area (Å²) >= 11 is 0. The van der Waals surface area contributed by atoms with Gasteiger partial charge in [-0.3, -0.25) is 0 Å². The second-order valence-corrected chi connectivity index (χ2v) is 2.45. The van der Waals surface area contributed by atoms with Crippen molar-refractivity contribution >= 4 is 0 Å². The first-order valence-corrected chi connectivity index (χ1v) is 3.49. The smallest absolute Gasteiger partial charge is 0.122 e. The summed E-state index contributed by atoms with van der Waals surface area (Å²) in [6.07, 6.45) is 1.61. The Morgan fingerprint density at radius 1 is 1.60 bits per heavy atom. The number of hydrogen-bond acceptors (Lipinski definition) is 4. The molecule has 0 aromatic heterocycles. The third kappa shape index (κ3) is 2.22. The minimum Gasteiger partial charge on any atom is -0.396 e. The van der Waals surface area contributed by atoms with E-state index in [1.807, 2.05) is 0 Å². The average molecular weight is 147 g/mol. The number of ether oxygens (including phenoxy) is 1. The van der Waals surface area contributed by atoms with Crippen LogP contribution in [0.4, 0.5) is 0 Å². The molecule has 10 heavy (non-hydrogen) atoms. The number of rotatable bonds is 2. The molecule has 4 nitrogen and oxygen atoms in total. The zero-order chi connectivity index (χ0) is 7.40. The highest BCUT2D eigenvalue weighted by molar-refractivity contribution is 4.62. The van der Waals surface area contributed by atoms with Crippen molar-refractivity contribution in [1.82, 2.24) is 5.06 Å². The maximum atomic E-state index is 8.84. The lowest BCUT2D eigenvalue weighted by Crippen LogP contribution is -2.35. The van der Waals surface area contributed by atoms with E-state index in [0.29, 0.717) is 13.0 Å². The van der Waals surface area contributed by atoms with Gasteiger partial charge in [0.15, 0.2) is 0 Å². The van der Waals surface area contributed by atoms with Crippen molar-refractivity contribution in [2.75, 3.05) is 19.9 Å². The quantitative estimate of drug-likeness (QED) is 0.568. The maximum absolute atomic E-state index is 8.84. The van der Waals surface area contributed by atoms with Crippen LogP contribution in [0, 0.1) is 0 Å². The van der Waals surface area contributed by atoms with Gasteiger partial charge in [-0.25, -0.2) is 0 Å². The van der Waals surface area contributed by atoms with Crippen LogP contribution in [0.5, 0.6) is 0 Å². The Kier molecular flexibility index (Phi) is 3.08. The van der Waals surface area contributed by atoms with E-state index in [9.17, 15) is 0 Å². The molecule has 2 N–H and O–H groups in total. The molecule has 1 heterocycles. The third-order valence-corrected chi connectivity index (χ3v) is 1.62. The van der Waals surface area contributed by atoms with Gasteiger partial charge in [0.1, 0.15) is 6.73 Å². The number of aliphatic hydroxyl groups excluding tert-OH is 1. The van der Waals surface area contributed by atoms with Crippen LogP contribution >= 0.6 is 0 Å². The molecule has 0 bridgehead atoms. The van der Waals surface area contributed by atoms with Gasteiger partial charge in [-0.15, -0.1) is 0 Å². The topological polar surface area (TPSA) is 52.9 Å². The second-order valence-electron chi connectivity index (χ2n) is 2.45. The van der Waals surface area contributed by atoms with Crippen molar-refractivity contribution in [2.24, 2.45) is 0 Å². The SMILES string of the molecule is OCCC1CCN(O)CO1. The number of hydroxylamine groups is 2. The van der Waals surface area contributed by atoms with E-state index in [2.05, 4.69) is 0 Å². The Bertz CT molecular complexity index is 91.0. The van der Waals surface area contributed by atoms with Gasteiger partial charge in [0.05, 0.1) is 6.10 Å². The van der Waals surface area contributed by atoms with Crippen LogP contribution in [0.25, 0.3) is 0 Å². The molecule has 0 saturated carbocycles. The lowest BCUT2D eigenvalue weighted by Gasteiger charge is -2.27. The molecule has 4 heteroatoms. The molecule has 1 aliphatic heterocycles. The Hall–Kier alpha value is -0.160. The van der Waals surface area contributed by atoms with Crippen LogP contribution in [0.1, 0.15) is 12.8 Å². The number of aliphatic hydroxyl groups is 1. The first kappa shape index (κ1) is 7.94. The fraction of sp³-hybridized carbons (Fsp3) is 1.00. The van der Waals surface area contributed by atoms with E-state index in [-0.39, 0.29) is 19.4 Å². The molecule has 1 unspecified atom stereocenters. The molecule has 0 radical (unpaired) electrons. The summed E-state index contributed by atoms with van der Waals surface area (Å²) in [6, 6.07) is 0. The molecule has 0 spiro atoms. The molecule has 0 amide bonds. The molecular weight excluding hydrogens is 134 g/mol. The van der Waals surface area contributed by atoms with Gasteiger partial charge in [-0.05, 0) is 12.8 Å². The molecular formula is C6H13NO3. The predicted octanol–water partition coefficient (Wildman–Crippen LogP) is -0.194. The van der Waals surface area contributed by atoms with Crippen molar-refractivity contribution in [3.8, 4) is 0 Å². The Balaban J connectivity index is 2.13. The maximum Gasteiger partial charge on any atom is 0.122 e. The van der Waals surface area contributed by atoms with Crippen molar-refractivity contribution in [1.29, 1.82) is 0 Å². The van der Waals surface area contributed by atoms with E-state index in [1.54, 1.807) is 0 Å². The summed E-state index contributed by atoms with van der Waals surface area (Å²) in [5, 5.41) is 18.5. The molecule has 1 aliphatic rings. The molecule has 0 aromatic rings. The van der Waals surface area contributed by atoms with E-state index in [4.69, 9.17) is 15.1 Å². The van der Waals surface area contributed by atoms with Gasteiger partial charge in [-0.2, -0.15) is 5.06 Å².